The molecular weight excluding hydrogens is 234 g/mol. The van der Waals surface area contributed by atoms with E-state index in [0.717, 1.165) is 0 Å². The number of halogens is 1. The lowest BCUT2D eigenvalue weighted by atomic mass is 10.3. The molecule has 2 rings (SSSR count). The van der Waals surface area contributed by atoms with Gasteiger partial charge in [0.2, 0.25) is 0 Å². The van der Waals surface area contributed by atoms with Gasteiger partial charge in [-0.1, -0.05) is 11.6 Å². The molecule has 1 aliphatic heterocycles. The van der Waals surface area contributed by atoms with E-state index in [0.29, 0.717) is 23.9 Å². The number of aromatic nitrogens is 2. The lowest BCUT2D eigenvalue weighted by molar-refractivity contribution is 0.0572. The van der Waals surface area contributed by atoms with Crippen LogP contribution in [0.25, 0.3) is 0 Å². The zero-order chi connectivity index (χ0) is 11.7. The van der Waals surface area contributed by atoms with Crippen LogP contribution in [0.15, 0.2) is 6.20 Å². The summed E-state index contributed by atoms with van der Waals surface area (Å²) >= 11 is 5.94. The topological polar surface area (TPSA) is 78.7 Å². The number of aliphatic hydroxyl groups is 2. The number of hydrogen-bond acceptors (Lipinski definition) is 6. The smallest absolute Gasteiger partial charge is 0.318 e. The van der Waals surface area contributed by atoms with Gasteiger partial charge in [-0.3, -0.25) is 0 Å². The third-order valence-corrected chi connectivity index (χ3v) is 2.71. The van der Waals surface area contributed by atoms with Gasteiger partial charge < -0.3 is 19.8 Å². The number of β-amino-alcohol motifs (C(OH)–C–C–N with tert-alkyl or cyclic N) is 2. The Morgan fingerprint density at radius 2 is 2.06 bits per heavy atom. The predicted molar refractivity (Wildman–Crippen MR) is 57.8 cm³/mol. The minimum atomic E-state index is -0.781. The van der Waals surface area contributed by atoms with E-state index < -0.39 is 12.2 Å². The Kier molecular flexibility index (Phi) is 3.13. The van der Waals surface area contributed by atoms with Crippen molar-refractivity contribution in [3.05, 3.63) is 11.2 Å². The number of rotatable bonds is 2. The van der Waals surface area contributed by atoms with Gasteiger partial charge in [0.15, 0.2) is 5.82 Å². The highest BCUT2D eigenvalue weighted by molar-refractivity contribution is 6.32. The Morgan fingerprint density at radius 1 is 1.44 bits per heavy atom. The van der Waals surface area contributed by atoms with Crippen LogP contribution >= 0.6 is 11.6 Å². The van der Waals surface area contributed by atoms with Crippen LogP contribution in [0, 0.1) is 0 Å². The molecule has 1 aromatic heterocycles. The van der Waals surface area contributed by atoms with E-state index in [-0.39, 0.29) is 6.01 Å². The van der Waals surface area contributed by atoms with E-state index in [2.05, 4.69) is 9.97 Å². The standard InChI is InChI=1S/C9H12ClN3O3/c1-16-9-11-2-5(10)8(12-9)13-3-6(14)7(15)4-13/h2,6-7,14-15H,3-4H2,1H3. The molecule has 0 spiro atoms. The summed E-state index contributed by atoms with van der Waals surface area (Å²) in [6.45, 7) is 0.585. The first-order valence-electron chi connectivity index (χ1n) is 4.79. The minimum absolute atomic E-state index is 0.204. The molecule has 2 heterocycles. The van der Waals surface area contributed by atoms with Crippen molar-refractivity contribution in [1.82, 2.24) is 9.97 Å². The van der Waals surface area contributed by atoms with Gasteiger partial charge in [-0.05, 0) is 0 Å². The van der Waals surface area contributed by atoms with Gasteiger partial charge in [-0.2, -0.15) is 4.98 Å². The van der Waals surface area contributed by atoms with E-state index in [1.54, 1.807) is 4.90 Å². The highest BCUT2D eigenvalue weighted by Crippen LogP contribution is 2.27. The monoisotopic (exact) mass is 245 g/mol. The number of aliphatic hydroxyl groups excluding tert-OH is 2. The van der Waals surface area contributed by atoms with Crippen LogP contribution in [0.4, 0.5) is 5.82 Å². The van der Waals surface area contributed by atoms with E-state index in [1.807, 2.05) is 0 Å². The molecule has 2 unspecified atom stereocenters. The average molecular weight is 246 g/mol. The third-order valence-electron chi connectivity index (χ3n) is 2.44. The van der Waals surface area contributed by atoms with E-state index >= 15 is 0 Å². The lowest BCUT2D eigenvalue weighted by Crippen LogP contribution is -2.22. The highest BCUT2D eigenvalue weighted by Gasteiger charge is 2.31. The Hall–Kier alpha value is -1.11. The normalized spacial score (nSPS) is 24.9. The number of nitrogens with zero attached hydrogens (tertiary/aromatic N) is 3. The van der Waals surface area contributed by atoms with Crippen molar-refractivity contribution in [3.8, 4) is 6.01 Å². The zero-order valence-corrected chi connectivity index (χ0v) is 9.42. The maximum absolute atomic E-state index is 9.44. The summed E-state index contributed by atoms with van der Waals surface area (Å²) in [5.74, 6) is 0.462. The van der Waals surface area contributed by atoms with Gasteiger partial charge in [0.05, 0.1) is 25.5 Å². The Morgan fingerprint density at radius 3 is 2.62 bits per heavy atom. The summed E-state index contributed by atoms with van der Waals surface area (Å²) < 4.78 is 4.89. The molecule has 0 radical (unpaired) electrons. The molecule has 1 aromatic rings. The highest BCUT2D eigenvalue weighted by atomic mass is 35.5. The fraction of sp³-hybridized carbons (Fsp3) is 0.556. The van der Waals surface area contributed by atoms with Crippen LogP contribution in [-0.2, 0) is 0 Å². The number of anilines is 1. The van der Waals surface area contributed by atoms with Crippen molar-refractivity contribution < 1.29 is 14.9 Å². The second kappa shape index (κ2) is 4.40. The van der Waals surface area contributed by atoms with Gasteiger partial charge >= 0.3 is 6.01 Å². The molecule has 16 heavy (non-hydrogen) atoms. The van der Waals surface area contributed by atoms with Crippen molar-refractivity contribution in [2.24, 2.45) is 0 Å². The van der Waals surface area contributed by atoms with Gasteiger partial charge in [0.1, 0.15) is 5.02 Å². The van der Waals surface area contributed by atoms with Crippen LogP contribution in [-0.4, -0.2) is 52.6 Å². The first-order chi connectivity index (χ1) is 7.61. The molecule has 2 N–H and O–H groups in total. The molecule has 2 atom stereocenters. The summed E-state index contributed by atoms with van der Waals surface area (Å²) in [6.07, 6.45) is -0.131. The number of methoxy groups -OCH3 is 1. The first kappa shape index (κ1) is 11.4. The average Bonchev–Trinajstić information content (AvgIpc) is 2.60. The van der Waals surface area contributed by atoms with Crippen molar-refractivity contribution in [2.45, 2.75) is 12.2 Å². The minimum Gasteiger partial charge on any atom is -0.467 e. The third kappa shape index (κ3) is 2.04. The first-order valence-corrected chi connectivity index (χ1v) is 5.17. The van der Waals surface area contributed by atoms with Crippen LogP contribution in [0.3, 0.4) is 0 Å². The largest absolute Gasteiger partial charge is 0.467 e. The van der Waals surface area contributed by atoms with Crippen LogP contribution in [0.2, 0.25) is 5.02 Å². The van der Waals surface area contributed by atoms with Crippen molar-refractivity contribution in [1.29, 1.82) is 0 Å². The summed E-state index contributed by atoms with van der Waals surface area (Å²) in [4.78, 5) is 9.63. The molecule has 0 aliphatic carbocycles. The molecule has 88 valence electrons. The molecule has 7 heteroatoms. The second-order valence-electron chi connectivity index (χ2n) is 3.57. The summed E-state index contributed by atoms with van der Waals surface area (Å²) in [5, 5.41) is 19.2. The Balaban J connectivity index is 2.26. The predicted octanol–water partition coefficient (Wildman–Crippen LogP) is -0.320. The second-order valence-corrected chi connectivity index (χ2v) is 3.98. The summed E-state index contributed by atoms with van der Waals surface area (Å²) in [6, 6.07) is 0.204. The molecule has 6 nitrogen and oxygen atoms in total. The fourth-order valence-corrected chi connectivity index (χ4v) is 1.82. The SMILES string of the molecule is COc1ncc(Cl)c(N2CC(O)C(O)C2)n1. The lowest BCUT2D eigenvalue weighted by Gasteiger charge is -2.17. The molecule has 1 saturated heterocycles. The molecule has 0 amide bonds. The van der Waals surface area contributed by atoms with Crippen LogP contribution < -0.4 is 9.64 Å². The number of ether oxygens (including phenoxy) is 1. The van der Waals surface area contributed by atoms with Crippen LogP contribution in [0.1, 0.15) is 0 Å². The quantitative estimate of drug-likeness (QED) is 0.744. The summed E-state index contributed by atoms with van der Waals surface area (Å²) in [5.41, 5.74) is 0. The van der Waals surface area contributed by atoms with Crippen LogP contribution in [0.5, 0.6) is 6.01 Å². The van der Waals surface area contributed by atoms with E-state index in [9.17, 15) is 10.2 Å². The van der Waals surface area contributed by atoms with Crippen molar-refractivity contribution >= 4 is 17.4 Å². The van der Waals surface area contributed by atoms with Crippen molar-refractivity contribution in [2.75, 3.05) is 25.1 Å². The maximum Gasteiger partial charge on any atom is 0.318 e. The van der Waals surface area contributed by atoms with Gasteiger partial charge in [0.25, 0.3) is 0 Å². The maximum atomic E-state index is 9.44. The van der Waals surface area contributed by atoms with Gasteiger partial charge in [0, 0.05) is 13.1 Å². The Bertz CT molecular complexity index is 380. The Labute approximate surface area is 97.5 Å². The molecule has 0 saturated carbocycles. The number of hydrogen-bond donors (Lipinski definition) is 2. The molecular formula is C9H12ClN3O3. The zero-order valence-electron chi connectivity index (χ0n) is 8.67. The van der Waals surface area contributed by atoms with E-state index in [4.69, 9.17) is 16.3 Å². The fourth-order valence-electron chi connectivity index (χ4n) is 1.61. The molecule has 1 aliphatic rings. The molecule has 0 bridgehead atoms. The summed E-state index contributed by atoms with van der Waals surface area (Å²) in [7, 11) is 1.46. The molecule has 1 fully saturated rings. The van der Waals surface area contributed by atoms with Gasteiger partial charge in [-0.25, -0.2) is 4.98 Å². The van der Waals surface area contributed by atoms with Crippen molar-refractivity contribution in [3.63, 3.8) is 0 Å². The molecule has 0 aromatic carbocycles. The van der Waals surface area contributed by atoms with Gasteiger partial charge in [-0.15, -0.1) is 0 Å². The van der Waals surface area contributed by atoms with E-state index in [1.165, 1.54) is 13.3 Å².